The summed E-state index contributed by atoms with van der Waals surface area (Å²) in [6.45, 7) is 5.85. The fourth-order valence-corrected chi connectivity index (χ4v) is 4.16. The van der Waals surface area contributed by atoms with E-state index in [0.29, 0.717) is 12.5 Å². The number of pyridine rings is 1. The number of rotatable bonds is 6. The fraction of sp³-hybridized carbons (Fsp3) is 0.500. The maximum Gasteiger partial charge on any atom is 0.213 e. The number of aromatic nitrogens is 1. The van der Waals surface area contributed by atoms with Crippen molar-refractivity contribution in [3.63, 3.8) is 0 Å². The summed E-state index contributed by atoms with van der Waals surface area (Å²) < 4.78 is 19.5. The second-order valence-corrected chi connectivity index (χ2v) is 7.56. The maximum atomic E-state index is 13.6. The minimum atomic E-state index is -0.193. The van der Waals surface area contributed by atoms with Gasteiger partial charge >= 0.3 is 0 Å². The molecule has 0 saturated carbocycles. The lowest BCUT2D eigenvalue weighted by molar-refractivity contribution is 0.203. The average molecular weight is 369 g/mol. The van der Waals surface area contributed by atoms with Crippen LogP contribution in [-0.2, 0) is 6.54 Å². The lowest BCUT2D eigenvalue weighted by Crippen LogP contribution is -2.31. The normalized spacial score (nSPS) is 20.3. The monoisotopic (exact) mass is 369 g/mol. The predicted octanol–water partition coefficient (Wildman–Crippen LogP) is 3.71. The molecule has 1 aromatic heterocycles. The van der Waals surface area contributed by atoms with E-state index in [1.807, 2.05) is 18.3 Å². The Bertz CT molecular complexity index is 761. The van der Waals surface area contributed by atoms with E-state index < -0.39 is 0 Å². The standard InChI is InChI=1S/C22H28FN3O/c23-19-7-4-6-17(12-19)20-15-24-14-18-13-22(25-16-21(18)20)27-11-5-10-26-8-2-1-3-9-26/h4,6-7,12-13,16,20,24H,1-3,5,8-11,14-15H2. The highest BCUT2D eigenvalue weighted by Crippen LogP contribution is 2.31. The Hall–Kier alpha value is -1.98. The van der Waals surface area contributed by atoms with E-state index in [4.69, 9.17) is 4.74 Å². The molecule has 1 fully saturated rings. The third-order valence-electron chi connectivity index (χ3n) is 5.61. The van der Waals surface area contributed by atoms with Crippen molar-refractivity contribution in [2.75, 3.05) is 32.8 Å². The number of benzene rings is 1. The third kappa shape index (κ3) is 4.66. The first-order valence-corrected chi connectivity index (χ1v) is 10.1. The molecule has 2 aliphatic heterocycles. The van der Waals surface area contributed by atoms with Gasteiger partial charge in [0.1, 0.15) is 5.82 Å². The van der Waals surface area contributed by atoms with Gasteiger partial charge in [0, 0.05) is 37.8 Å². The minimum absolute atomic E-state index is 0.130. The van der Waals surface area contributed by atoms with Crippen molar-refractivity contribution in [1.29, 1.82) is 0 Å². The van der Waals surface area contributed by atoms with E-state index in [0.717, 1.165) is 31.6 Å². The van der Waals surface area contributed by atoms with Gasteiger partial charge in [-0.25, -0.2) is 9.37 Å². The number of hydrogen-bond acceptors (Lipinski definition) is 4. The Morgan fingerprint density at radius 2 is 2.07 bits per heavy atom. The van der Waals surface area contributed by atoms with Crippen LogP contribution in [-0.4, -0.2) is 42.7 Å². The lowest BCUT2D eigenvalue weighted by atomic mass is 9.87. The Kier molecular flexibility index (Phi) is 6.00. The van der Waals surface area contributed by atoms with Crippen LogP contribution in [0, 0.1) is 5.82 Å². The molecule has 4 nitrogen and oxygen atoms in total. The molecule has 1 atom stereocenters. The van der Waals surface area contributed by atoms with Crippen molar-refractivity contribution >= 4 is 0 Å². The number of hydrogen-bond donors (Lipinski definition) is 1. The highest BCUT2D eigenvalue weighted by molar-refractivity contribution is 5.40. The largest absolute Gasteiger partial charge is 0.478 e. The van der Waals surface area contributed by atoms with Crippen molar-refractivity contribution in [2.24, 2.45) is 0 Å². The Labute approximate surface area is 160 Å². The first-order valence-electron chi connectivity index (χ1n) is 10.1. The molecule has 144 valence electrons. The minimum Gasteiger partial charge on any atom is -0.478 e. The zero-order chi connectivity index (χ0) is 18.5. The number of nitrogens with one attached hydrogen (secondary N) is 1. The van der Waals surface area contributed by atoms with Gasteiger partial charge in [-0.2, -0.15) is 0 Å². The van der Waals surface area contributed by atoms with Crippen LogP contribution in [0.1, 0.15) is 48.3 Å². The van der Waals surface area contributed by atoms with E-state index in [2.05, 4.69) is 15.2 Å². The molecule has 5 heteroatoms. The summed E-state index contributed by atoms with van der Waals surface area (Å²) in [5.74, 6) is 0.625. The second-order valence-electron chi connectivity index (χ2n) is 7.56. The Morgan fingerprint density at radius 1 is 1.19 bits per heavy atom. The second kappa shape index (κ2) is 8.81. The molecule has 0 amide bonds. The first-order chi connectivity index (χ1) is 13.3. The average Bonchev–Trinajstić information content (AvgIpc) is 2.71. The topological polar surface area (TPSA) is 37.4 Å². The van der Waals surface area contributed by atoms with Gasteiger partial charge in [0.2, 0.25) is 5.88 Å². The summed E-state index contributed by atoms with van der Waals surface area (Å²) in [5.41, 5.74) is 3.34. The van der Waals surface area contributed by atoms with Crippen LogP contribution in [0.15, 0.2) is 36.5 Å². The molecule has 0 radical (unpaired) electrons. The van der Waals surface area contributed by atoms with Gasteiger partial charge in [-0.05, 0) is 61.2 Å². The van der Waals surface area contributed by atoms with Crippen LogP contribution >= 0.6 is 0 Å². The zero-order valence-corrected chi connectivity index (χ0v) is 15.8. The van der Waals surface area contributed by atoms with E-state index in [9.17, 15) is 4.39 Å². The third-order valence-corrected chi connectivity index (χ3v) is 5.61. The summed E-state index contributed by atoms with van der Waals surface area (Å²) in [4.78, 5) is 7.05. The quantitative estimate of drug-likeness (QED) is 0.788. The number of ether oxygens (including phenoxy) is 1. The van der Waals surface area contributed by atoms with Crippen molar-refractivity contribution < 1.29 is 9.13 Å². The molecule has 2 aromatic rings. The summed E-state index contributed by atoms with van der Waals surface area (Å²) in [6, 6.07) is 8.89. The summed E-state index contributed by atoms with van der Waals surface area (Å²) in [7, 11) is 0. The van der Waals surface area contributed by atoms with Crippen LogP contribution in [0.5, 0.6) is 5.88 Å². The molecular weight excluding hydrogens is 341 g/mol. The molecule has 3 heterocycles. The lowest BCUT2D eigenvalue weighted by Gasteiger charge is -2.27. The van der Waals surface area contributed by atoms with Crippen LogP contribution in [0.2, 0.25) is 0 Å². The van der Waals surface area contributed by atoms with E-state index in [-0.39, 0.29) is 11.7 Å². The van der Waals surface area contributed by atoms with Gasteiger partial charge in [-0.1, -0.05) is 18.6 Å². The molecule has 27 heavy (non-hydrogen) atoms. The maximum absolute atomic E-state index is 13.6. The number of piperidine rings is 1. The highest BCUT2D eigenvalue weighted by Gasteiger charge is 2.23. The summed E-state index contributed by atoms with van der Waals surface area (Å²) in [6.07, 6.45) is 6.96. The van der Waals surface area contributed by atoms with E-state index in [1.165, 1.54) is 49.5 Å². The smallest absolute Gasteiger partial charge is 0.213 e. The van der Waals surface area contributed by atoms with Gasteiger partial charge in [0.25, 0.3) is 0 Å². The van der Waals surface area contributed by atoms with Gasteiger partial charge in [0.15, 0.2) is 0 Å². The molecule has 1 saturated heterocycles. The fourth-order valence-electron chi connectivity index (χ4n) is 4.16. The molecule has 1 aromatic carbocycles. The number of likely N-dealkylation sites (tertiary alicyclic amines) is 1. The molecule has 4 rings (SSSR count). The van der Waals surface area contributed by atoms with E-state index >= 15 is 0 Å². The number of nitrogens with zero attached hydrogens (tertiary/aromatic N) is 2. The summed E-state index contributed by atoms with van der Waals surface area (Å²) in [5, 5.41) is 3.43. The molecule has 0 spiro atoms. The molecule has 0 aliphatic carbocycles. The number of halogens is 1. The number of fused-ring (bicyclic) bond motifs is 1. The molecule has 1 N–H and O–H groups in total. The van der Waals surface area contributed by atoms with Crippen LogP contribution in [0.25, 0.3) is 0 Å². The van der Waals surface area contributed by atoms with Crippen LogP contribution in [0.4, 0.5) is 4.39 Å². The Morgan fingerprint density at radius 3 is 2.93 bits per heavy atom. The zero-order valence-electron chi connectivity index (χ0n) is 15.8. The van der Waals surface area contributed by atoms with Gasteiger partial charge in [-0.3, -0.25) is 0 Å². The van der Waals surface area contributed by atoms with Crippen LogP contribution in [0.3, 0.4) is 0 Å². The van der Waals surface area contributed by atoms with E-state index in [1.54, 1.807) is 12.1 Å². The van der Waals surface area contributed by atoms with Crippen molar-refractivity contribution in [1.82, 2.24) is 15.2 Å². The molecule has 2 aliphatic rings. The SMILES string of the molecule is Fc1cccc(C2CNCc3cc(OCCCN4CCCCC4)ncc32)c1. The van der Waals surface area contributed by atoms with Crippen molar-refractivity contribution in [2.45, 2.75) is 38.1 Å². The predicted molar refractivity (Wildman–Crippen MR) is 105 cm³/mol. The molecular formula is C22H28FN3O. The molecule has 1 unspecified atom stereocenters. The van der Waals surface area contributed by atoms with Crippen LogP contribution < -0.4 is 10.1 Å². The van der Waals surface area contributed by atoms with Gasteiger partial charge in [-0.15, -0.1) is 0 Å². The Balaban J connectivity index is 1.36. The van der Waals surface area contributed by atoms with Crippen molar-refractivity contribution in [3.05, 3.63) is 59.0 Å². The van der Waals surface area contributed by atoms with Crippen molar-refractivity contribution in [3.8, 4) is 5.88 Å². The summed E-state index contributed by atoms with van der Waals surface area (Å²) >= 11 is 0. The first kappa shape index (κ1) is 18.4. The molecule has 0 bridgehead atoms. The van der Waals surface area contributed by atoms with Gasteiger partial charge in [0.05, 0.1) is 6.61 Å². The highest BCUT2D eigenvalue weighted by atomic mass is 19.1. The van der Waals surface area contributed by atoms with Gasteiger partial charge < -0.3 is 15.0 Å².